The van der Waals surface area contributed by atoms with E-state index in [0.29, 0.717) is 0 Å². The van der Waals surface area contributed by atoms with Crippen LogP contribution in [-0.4, -0.2) is 11.1 Å². The van der Waals surface area contributed by atoms with Crippen molar-refractivity contribution in [2.45, 2.75) is 13.8 Å². The summed E-state index contributed by atoms with van der Waals surface area (Å²) in [4.78, 5) is 11.0. The Hall–Kier alpha value is -1.64. The van der Waals surface area contributed by atoms with Crippen LogP contribution in [0, 0.1) is 23.1 Å². The van der Waals surface area contributed by atoms with Gasteiger partial charge < -0.3 is 5.11 Å². The maximum absolute atomic E-state index is 12.7. The number of carboxylic acids is 1. The lowest BCUT2D eigenvalue weighted by atomic mass is 10.1. The zero-order chi connectivity index (χ0) is 12.6. The molecule has 1 aromatic rings. The second-order valence-corrected chi connectivity index (χ2v) is 5.07. The summed E-state index contributed by atoms with van der Waals surface area (Å²) in [5, 5.41) is 9.01. The van der Waals surface area contributed by atoms with Crippen molar-refractivity contribution in [3.63, 3.8) is 0 Å². The highest BCUT2D eigenvalue weighted by molar-refractivity contribution is 5.76. The highest BCUT2D eigenvalue weighted by Crippen LogP contribution is 2.59. The first-order chi connectivity index (χ1) is 7.93. The van der Waals surface area contributed by atoms with Crippen LogP contribution in [0.4, 0.5) is 4.39 Å². The van der Waals surface area contributed by atoms with Crippen molar-refractivity contribution in [2.75, 3.05) is 0 Å². The van der Waals surface area contributed by atoms with Crippen LogP contribution in [0.5, 0.6) is 0 Å². The molecule has 1 N–H and O–H groups in total. The van der Waals surface area contributed by atoms with E-state index in [1.807, 2.05) is 26.0 Å². The number of rotatable bonds is 3. The monoisotopic (exact) mass is 234 g/mol. The first-order valence-electron chi connectivity index (χ1n) is 5.59. The molecule has 0 heterocycles. The fourth-order valence-electron chi connectivity index (χ4n) is 2.30. The van der Waals surface area contributed by atoms with Gasteiger partial charge >= 0.3 is 5.97 Å². The van der Waals surface area contributed by atoms with E-state index >= 15 is 0 Å². The zero-order valence-electron chi connectivity index (χ0n) is 9.85. The summed E-state index contributed by atoms with van der Waals surface area (Å²) >= 11 is 0. The molecule has 0 saturated heterocycles. The highest BCUT2D eigenvalue weighted by Gasteiger charge is 2.60. The molecular formula is C14H15FO2. The summed E-state index contributed by atoms with van der Waals surface area (Å²) in [6, 6.07) is 6.15. The third-order valence-corrected chi connectivity index (χ3v) is 3.54. The molecule has 0 aromatic heterocycles. The Kier molecular flexibility index (Phi) is 2.77. The number of halogens is 1. The molecule has 90 valence electrons. The van der Waals surface area contributed by atoms with Gasteiger partial charge in [-0.25, -0.2) is 4.39 Å². The number of hydrogen-bond donors (Lipinski definition) is 1. The molecule has 2 rings (SSSR count). The van der Waals surface area contributed by atoms with E-state index in [-0.39, 0.29) is 23.1 Å². The topological polar surface area (TPSA) is 37.3 Å². The van der Waals surface area contributed by atoms with Crippen LogP contribution < -0.4 is 0 Å². The molecule has 3 heteroatoms. The average molecular weight is 234 g/mol. The van der Waals surface area contributed by atoms with Crippen molar-refractivity contribution in [3.8, 4) is 0 Å². The second kappa shape index (κ2) is 3.99. The molecule has 1 aliphatic carbocycles. The van der Waals surface area contributed by atoms with Gasteiger partial charge in [0.05, 0.1) is 5.92 Å². The van der Waals surface area contributed by atoms with E-state index in [9.17, 15) is 9.18 Å². The molecule has 1 aromatic carbocycles. The van der Waals surface area contributed by atoms with E-state index in [2.05, 4.69) is 0 Å². The van der Waals surface area contributed by atoms with E-state index < -0.39 is 5.97 Å². The Morgan fingerprint density at radius 3 is 2.41 bits per heavy atom. The molecule has 2 atom stereocenters. The molecule has 0 radical (unpaired) electrons. The Bertz CT molecular complexity index is 460. The first-order valence-corrected chi connectivity index (χ1v) is 5.59. The normalized spacial score (nSPS) is 26.1. The van der Waals surface area contributed by atoms with Gasteiger partial charge in [0.15, 0.2) is 0 Å². The van der Waals surface area contributed by atoms with E-state index in [0.717, 1.165) is 5.56 Å². The smallest absolute Gasteiger partial charge is 0.307 e. The molecular weight excluding hydrogens is 219 g/mol. The number of hydrogen-bond acceptors (Lipinski definition) is 1. The number of aliphatic carboxylic acids is 1. The molecule has 0 unspecified atom stereocenters. The minimum atomic E-state index is -0.747. The van der Waals surface area contributed by atoms with Crippen LogP contribution in [-0.2, 0) is 4.79 Å². The Morgan fingerprint density at radius 1 is 1.35 bits per heavy atom. The fraction of sp³-hybridized carbons (Fsp3) is 0.357. The van der Waals surface area contributed by atoms with Crippen molar-refractivity contribution in [1.29, 1.82) is 0 Å². The molecule has 1 fully saturated rings. The Morgan fingerprint density at radius 2 is 1.94 bits per heavy atom. The van der Waals surface area contributed by atoms with Gasteiger partial charge in [-0.2, -0.15) is 0 Å². The summed E-state index contributed by atoms with van der Waals surface area (Å²) in [5.74, 6) is -1.26. The van der Waals surface area contributed by atoms with Gasteiger partial charge in [0.25, 0.3) is 0 Å². The van der Waals surface area contributed by atoms with Crippen LogP contribution in [0.15, 0.2) is 30.3 Å². The minimum Gasteiger partial charge on any atom is -0.481 e. The van der Waals surface area contributed by atoms with Gasteiger partial charge in [-0.1, -0.05) is 38.1 Å². The van der Waals surface area contributed by atoms with Crippen LogP contribution >= 0.6 is 0 Å². The molecule has 17 heavy (non-hydrogen) atoms. The molecule has 0 spiro atoms. The van der Waals surface area contributed by atoms with Crippen LogP contribution in [0.3, 0.4) is 0 Å². The van der Waals surface area contributed by atoms with E-state index in [1.54, 1.807) is 12.1 Å². The molecule has 0 amide bonds. The summed E-state index contributed by atoms with van der Waals surface area (Å²) in [6.45, 7) is 3.90. The Labute approximate surface area is 99.8 Å². The van der Waals surface area contributed by atoms with Gasteiger partial charge in [0, 0.05) is 0 Å². The molecule has 0 aliphatic heterocycles. The summed E-state index contributed by atoms with van der Waals surface area (Å²) in [7, 11) is 0. The van der Waals surface area contributed by atoms with Gasteiger partial charge in [-0.15, -0.1) is 0 Å². The lowest BCUT2D eigenvalue weighted by Gasteiger charge is -1.97. The fourth-order valence-corrected chi connectivity index (χ4v) is 2.30. The SMILES string of the molecule is CC1(C)[C@@H](/C=C/c2ccc(F)cc2)[C@@H]1C(=O)O. The maximum atomic E-state index is 12.7. The summed E-state index contributed by atoms with van der Waals surface area (Å²) in [6.07, 6.45) is 3.76. The zero-order valence-corrected chi connectivity index (χ0v) is 9.85. The van der Waals surface area contributed by atoms with Gasteiger partial charge in [0.1, 0.15) is 5.82 Å². The van der Waals surface area contributed by atoms with E-state index in [4.69, 9.17) is 5.11 Å². The number of carbonyl (C=O) groups is 1. The third-order valence-electron chi connectivity index (χ3n) is 3.54. The highest BCUT2D eigenvalue weighted by atomic mass is 19.1. The van der Waals surface area contributed by atoms with Gasteiger partial charge in [-0.3, -0.25) is 4.79 Å². The van der Waals surface area contributed by atoms with Crippen molar-refractivity contribution in [3.05, 3.63) is 41.7 Å². The summed E-state index contributed by atoms with van der Waals surface area (Å²) in [5.41, 5.74) is 0.709. The Balaban J connectivity index is 2.08. The van der Waals surface area contributed by atoms with E-state index in [1.165, 1.54) is 12.1 Å². The van der Waals surface area contributed by atoms with Crippen molar-refractivity contribution in [1.82, 2.24) is 0 Å². The van der Waals surface area contributed by atoms with Gasteiger partial charge in [-0.05, 0) is 29.0 Å². The first kappa shape index (κ1) is 11.8. The minimum absolute atomic E-state index is 0.0602. The number of benzene rings is 1. The standard InChI is InChI=1S/C14H15FO2/c1-14(2)11(12(14)13(16)17)8-5-9-3-6-10(15)7-4-9/h3-8,11-12H,1-2H3,(H,16,17)/b8-5+/t11-,12+/m0/s1. The molecule has 1 aliphatic rings. The van der Waals surface area contributed by atoms with Gasteiger partial charge in [0.2, 0.25) is 0 Å². The molecule has 0 bridgehead atoms. The number of carboxylic acid groups (broad SMARTS) is 1. The second-order valence-electron chi connectivity index (χ2n) is 5.07. The maximum Gasteiger partial charge on any atom is 0.307 e. The predicted octanol–water partition coefficient (Wildman–Crippen LogP) is 3.20. The van der Waals surface area contributed by atoms with Crippen LogP contribution in [0.2, 0.25) is 0 Å². The summed E-state index contributed by atoms with van der Waals surface area (Å²) < 4.78 is 12.7. The molecule has 1 saturated carbocycles. The third kappa shape index (κ3) is 2.23. The molecule has 2 nitrogen and oxygen atoms in total. The van der Waals surface area contributed by atoms with Crippen LogP contribution in [0.25, 0.3) is 6.08 Å². The van der Waals surface area contributed by atoms with Crippen molar-refractivity contribution >= 4 is 12.0 Å². The quantitative estimate of drug-likeness (QED) is 0.872. The van der Waals surface area contributed by atoms with Crippen molar-refractivity contribution in [2.24, 2.45) is 17.3 Å². The van der Waals surface area contributed by atoms with Crippen LogP contribution in [0.1, 0.15) is 19.4 Å². The average Bonchev–Trinajstić information content (AvgIpc) is 2.80. The lowest BCUT2D eigenvalue weighted by Crippen LogP contribution is -2.02. The lowest BCUT2D eigenvalue weighted by molar-refractivity contribution is -0.139. The predicted molar refractivity (Wildman–Crippen MR) is 63.8 cm³/mol. The largest absolute Gasteiger partial charge is 0.481 e. The van der Waals surface area contributed by atoms with Crippen molar-refractivity contribution < 1.29 is 14.3 Å². The number of allylic oxidation sites excluding steroid dienone is 1.